The molecule has 1 aromatic heterocycles. The van der Waals surface area contributed by atoms with E-state index in [0.29, 0.717) is 0 Å². The van der Waals surface area contributed by atoms with Gasteiger partial charge in [-0.1, -0.05) is 12.7 Å². The smallest absolute Gasteiger partial charge is 0.0340 e. The van der Waals surface area contributed by atoms with Crippen molar-refractivity contribution in [3.05, 3.63) is 36.2 Å². The molecule has 1 heterocycles. The van der Waals surface area contributed by atoms with Gasteiger partial charge < -0.3 is 4.90 Å². The summed E-state index contributed by atoms with van der Waals surface area (Å²) >= 11 is 0. The third-order valence-corrected chi connectivity index (χ3v) is 1.55. The van der Waals surface area contributed by atoms with Crippen molar-refractivity contribution >= 4 is 6.08 Å². The topological polar surface area (TPSA) is 16.1 Å². The monoisotopic (exact) mass is 162 g/mol. The molecule has 64 valence electrons. The first-order valence-corrected chi connectivity index (χ1v) is 3.93. The fourth-order valence-electron chi connectivity index (χ4n) is 1.07. The molecular formula is C10H14N2. The van der Waals surface area contributed by atoms with Crippen LogP contribution in [-0.4, -0.2) is 24.0 Å². The predicted octanol–water partition coefficient (Wildman–Crippen LogP) is 1.79. The minimum absolute atomic E-state index is 0.925. The highest BCUT2D eigenvalue weighted by atomic mass is 15.0. The van der Waals surface area contributed by atoms with Crippen molar-refractivity contribution < 1.29 is 0 Å². The molecule has 0 bridgehead atoms. The van der Waals surface area contributed by atoms with Crippen molar-refractivity contribution in [3.8, 4) is 0 Å². The van der Waals surface area contributed by atoms with Crippen LogP contribution in [0.5, 0.6) is 0 Å². The van der Waals surface area contributed by atoms with Crippen molar-refractivity contribution in [2.24, 2.45) is 0 Å². The Morgan fingerprint density at radius 1 is 1.50 bits per heavy atom. The van der Waals surface area contributed by atoms with Crippen LogP contribution in [0.4, 0.5) is 0 Å². The van der Waals surface area contributed by atoms with Gasteiger partial charge in [-0.2, -0.15) is 0 Å². The van der Waals surface area contributed by atoms with Crippen LogP contribution in [0, 0.1) is 0 Å². The SMILES string of the molecule is C=Cc1cncc(CN(C)C)c1. The fourth-order valence-corrected chi connectivity index (χ4v) is 1.07. The minimum atomic E-state index is 0.925. The quantitative estimate of drug-likeness (QED) is 0.673. The van der Waals surface area contributed by atoms with Crippen LogP contribution in [0.1, 0.15) is 11.1 Å². The maximum atomic E-state index is 4.11. The molecule has 0 radical (unpaired) electrons. The number of aromatic nitrogens is 1. The van der Waals surface area contributed by atoms with Crippen LogP contribution in [-0.2, 0) is 6.54 Å². The number of nitrogens with zero attached hydrogens (tertiary/aromatic N) is 2. The van der Waals surface area contributed by atoms with Gasteiger partial charge in [0, 0.05) is 18.9 Å². The van der Waals surface area contributed by atoms with E-state index in [0.717, 1.165) is 12.1 Å². The van der Waals surface area contributed by atoms with Gasteiger partial charge in [-0.05, 0) is 31.3 Å². The molecule has 1 rings (SSSR count). The molecule has 1 aromatic rings. The molecule has 0 aliphatic rings. The van der Waals surface area contributed by atoms with Gasteiger partial charge in [0.1, 0.15) is 0 Å². The Morgan fingerprint density at radius 3 is 2.83 bits per heavy atom. The van der Waals surface area contributed by atoms with E-state index in [-0.39, 0.29) is 0 Å². The molecule has 0 aliphatic carbocycles. The lowest BCUT2D eigenvalue weighted by Crippen LogP contribution is -2.10. The van der Waals surface area contributed by atoms with Gasteiger partial charge in [-0.3, -0.25) is 4.98 Å². The normalized spacial score (nSPS) is 10.2. The fraction of sp³-hybridized carbons (Fsp3) is 0.300. The van der Waals surface area contributed by atoms with Gasteiger partial charge >= 0.3 is 0 Å². The summed E-state index contributed by atoms with van der Waals surface area (Å²) < 4.78 is 0. The van der Waals surface area contributed by atoms with E-state index in [4.69, 9.17) is 0 Å². The number of hydrogen-bond donors (Lipinski definition) is 0. The van der Waals surface area contributed by atoms with E-state index >= 15 is 0 Å². The van der Waals surface area contributed by atoms with Crippen LogP contribution < -0.4 is 0 Å². The standard InChI is InChI=1S/C10H14N2/c1-4-9-5-10(7-11-6-9)8-12(2)3/h4-7H,1,8H2,2-3H3. The van der Waals surface area contributed by atoms with Crippen LogP contribution in [0.3, 0.4) is 0 Å². The molecular weight excluding hydrogens is 148 g/mol. The summed E-state index contributed by atoms with van der Waals surface area (Å²) in [4.78, 5) is 6.23. The lowest BCUT2D eigenvalue weighted by atomic mass is 10.2. The summed E-state index contributed by atoms with van der Waals surface area (Å²) in [6.45, 7) is 4.62. The van der Waals surface area contributed by atoms with Gasteiger partial charge in [0.05, 0.1) is 0 Å². The first kappa shape index (κ1) is 8.94. The van der Waals surface area contributed by atoms with E-state index in [1.807, 2.05) is 32.6 Å². The zero-order valence-electron chi connectivity index (χ0n) is 7.62. The molecule has 0 aliphatic heterocycles. The Balaban J connectivity index is 2.79. The molecule has 0 fully saturated rings. The van der Waals surface area contributed by atoms with Gasteiger partial charge in [0.2, 0.25) is 0 Å². The van der Waals surface area contributed by atoms with Crippen molar-refractivity contribution in [1.29, 1.82) is 0 Å². The summed E-state index contributed by atoms with van der Waals surface area (Å²) in [5, 5.41) is 0. The van der Waals surface area contributed by atoms with Crippen molar-refractivity contribution in [2.75, 3.05) is 14.1 Å². The van der Waals surface area contributed by atoms with E-state index in [2.05, 4.69) is 22.5 Å². The Bertz CT molecular complexity index is 266. The Labute approximate surface area is 73.5 Å². The largest absolute Gasteiger partial charge is 0.305 e. The summed E-state index contributed by atoms with van der Waals surface area (Å²) in [5.41, 5.74) is 2.30. The Kier molecular flexibility index (Phi) is 3.00. The lowest BCUT2D eigenvalue weighted by molar-refractivity contribution is 0.402. The van der Waals surface area contributed by atoms with Crippen LogP contribution >= 0.6 is 0 Å². The molecule has 0 atom stereocenters. The number of hydrogen-bond acceptors (Lipinski definition) is 2. The van der Waals surface area contributed by atoms with Crippen molar-refractivity contribution in [2.45, 2.75) is 6.54 Å². The maximum Gasteiger partial charge on any atom is 0.0340 e. The summed E-state index contributed by atoms with van der Waals surface area (Å²) in [6, 6.07) is 2.10. The molecule has 2 heteroatoms. The number of rotatable bonds is 3. The van der Waals surface area contributed by atoms with E-state index in [9.17, 15) is 0 Å². The van der Waals surface area contributed by atoms with E-state index < -0.39 is 0 Å². The molecule has 0 saturated carbocycles. The van der Waals surface area contributed by atoms with Crippen molar-refractivity contribution in [1.82, 2.24) is 9.88 Å². The minimum Gasteiger partial charge on any atom is -0.305 e. The molecule has 0 aromatic carbocycles. The molecule has 0 amide bonds. The average Bonchev–Trinajstić information content (AvgIpc) is 2.03. The highest BCUT2D eigenvalue weighted by Gasteiger charge is 1.95. The average molecular weight is 162 g/mol. The highest BCUT2D eigenvalue weighted by molar-refractivity contribution is 5.45. The molecule has 0 spiro atoms. The Morgan fingerprint density at radius 2 is 2.25 bits per heavy atom. The first-order chi connectivity index (χ1) is 5.72. The van der Waals surface area contributed by atoms with Crippen molar-refractivity contribution in [3.63, 3.8) is 0 Å². The lowest BCUT2D eigenvalue weighted by Gasteiger charge is -2.08. The number of pyridine rings is 1. The third-order valence-electron chi connectivity index (χ3n) is 1.55. The van der Waals surface area contributed by atoms with Crippen LogP contribution in [0.25, 0.3) is 6.08 Å². The Hall–Kier alpha value is -1.15. The first-order valence-electron chi connectivity index (χ1n) is 3.93. The molecule has 0 unspecified atom stereocenters. The second kappa shape index (κ2) is 4.02. The van der Waals surface area contributed by atoms with Gasteiger partial charge in [0.15, 0.2) is 0 Å². The molecule has 0 N–H and O–H groups in total. The van der Waals surface area contributed by atoms with E-state index in [1.165, 1.54) is 5.56 Å². The van der Waals surface area contributed by atoms with Crippen LogP contribution in [0.2, 0.25) is 0 Å². The van der Waals surface area contributed by atoms with Gasteiger partial charge in [-0.25, -0.2) is 0 Å². The summed E-state index contributed by atoms with van der Waals surface area (Å²) in [5.74, 6) is 0. The zero-order chi connectivity index (χ0) is 8.97. The molecule has 0 saturated heterocycles. The maximum absolute atomic E-state index is 4.11. The van der Waals surface area contributed by atoms with Gasteiger partial charge in [0.25, 0.3) is 0 Å². The zero-order valence-corrected chi connectivity index (χ0v) is 7.62. The second-order valence-corrected chi connectivity index (χ2v) is 3.07. The molecule has 2 nitrogen and oxygen atoms in total. The summed E-state index contributed by atoms with van der Waals surface area (Å²) in [7, 11) is 4.08. The van der Waals surface area contributed by atoms with Gasteiger partial charge in [-0.15, -0.1) is 0 Å². The highest BCUT2D eigenvalue weighted by Crippen LogP contribution is 2.05. The molecule has 12 heavy (non-hydrogen) atoms. The third kappa shape index (κ3) is 2.47. The van der Waals surface area contributed by atoms with Crippen LogP contribution in [0.15, 0.2) is 25.0 Å². The van der Waals surface area contributed by atoms with E-state index in [1.54, 1.807) is 0 Å². The predicted molar refractivity (Wildman–Crippen MR) is 51.7 cm³/mol. The summed E-state index contributed by atoms with van der Waals surface area (Å²) in [6.07, 6.45) is 5.51. The second-order valence-electron chi connectivity index (χ2n) is 3.07.